The van der Waals surface area contributed by atoms with E-state index in [9.17, 15) is 0 Å². The van der Waals surface area contributed by atoms with Crippen LogP contribution >= 0.6 is 11.6 Å². The highest BCUT2D eigenvalue weighted by Gasteiger charge is 2.12. The van der Waals surface area contributed by atoms with Crippen molar-refractivity contribution in [2.45, 2.75) is 26.4 Å². The molecule has 0 aliphatic rings. The van der Waals surface area contributed by atoms with E-state index in [4.69, 9.17) is 11.6 Å². The number of halogens is 1. The maximum Gasteiger partial charge on any atom is 0.0426 e. The first-order valence-electron chi connectivity index (χ1n) is 7.39. The van der Waals surface area contributed by atoms with Crippen LogP contribution in [-0.4, -0.2) is 13.6 Å². The van der Waals surface area contributed by atoms with Crippen molar-refractivity contribution in [3.8, 4) is 0 Å². The Kier molecular flexibility index (Phi) is 5.66. The summed E-state index contributed by atoms with van der Waals surface area (Å²) in [5.41, 5.74) is 3.80. The fourth-order valence-corrected chi connectivity index (χ4v) is 2.82. The van der Waals surface area contributed by atoms with E-state index >= 15 is 0 Å². The van der Waals surface area contributed by atoms with E-state index in [-0.39, 0.29) is 0 Å². The van der Waals surface area contributed by atoms with Crippen LogP contribution in [0.15, 0.2) is 48.5 Å². The van der Waals surface area contributed by atoms with Crippen molar-refractivity contribution in [2.24, 2.45) is 0 Å². The Morgan fingerprint density at radius 2 is 1.90 bits per heavy atom. The number of para-hydroxylation sites is 1. The summed E-state index contributed by atoms with van der Waals surface area (Å²) in [6.45, 7) is 6.15. The molecular weight excluding hydrogens is 280 g/mol. The van der Waals surface area contributed by atoms with E-state index in [1.165, 1.54) is 16.8 Å². The largest absolute Gasteiger partial charge is 0.370 e. The molecule has 2 aromatic carbocycles. The summed E-state index contributed by atoms with van der Waals surface area (Å²) in [5.74, 6) is 0. The van der Waals surface area contributed by atoms with Gasteiger partial charge in [0.25, 0.3) is 0 Å². The molecule has 0 fully saturated rings. The number of nitrogens with one attached hydrogen (secondary N) is 1. The summed E-state index contributed by atoms with van der Waals surface area (Å²) in [6.07, 6.45) is 0. The maximum absolute atomic E-state index is 6.07. The Labute approximate surface area is 132 Å². The number of nitrogens with zero attached hydrogens (tertiary/aromatic N) is 1. The Hall–Kier alpha value is -1.51. The normalized spacial score (nSPS) is 12.2. The lowest BCUT2D eigenvalue weighted by atomic mass is 10.0. The first-order chi connectivity index (χ1) is 10.1. The maximum atomic E-state index is 6.07. The Morgan fingerprint density at radius 1 is 1.14 bits per heavy atom. The smallest absolute Gasteiger partial charge is 0.0426 e. The second kappa shape index (κ2) is 7.48. The van der Waals surface area contributed by atoms with Crippen molar-refractivity contribution in [3.05, 3.63) is 64.7 Å². The van der Waals surface area contributed by atoms with Gasteiger partial charge < -0.3 is 10.2 Å². The number of anilines is 1. The van der Waals surface area contributed by atoms with Gasteiger partial charge in [-0.1, -0.05) is 48.9 Å². The average molecular weight is 303 g/mol. The van der Waals surface area contributed by atoms with Gasteiger partial charge in [-0.25, -0.2) is 0 Å². The van der Waals surface area contributed by atoms with Gasteiger partial charge >= 0.3 is 0 Å². The van der Waals surface area contributed by atoms with Crippen LogP contribution in [0.4, 0.5) is 5.69 Å². The third-order valence-corrected chi connectivity index (χ3v) is 3.87. The molecule has 2 rings (SSSR count). The molecule has 112 valence electrons. The summed E-state index contributed by atoms with van der Waals surface area (Å²) in [4.78, 5) is 2.27. The van der Waals surface area contributed by atoms with E-state index in [2.05, 4.69) is 61.4 Å². The van der Waals surface area contributed by atoms with Crippen LogP contribution in [0, 0.1) is 0 Å². The molecule has 1 unspecified atom stereocenters. The quantitative estimate of drug-likeness (QED) is 0.836. The predicted octanol–water partition coefficient (Wildman–Crippen LogP) is 4.65. The Bertz CT molecular complexity index is 583. The Morgan fingerprint density at radius 3 is 2.62 bits per heavy atom. The van der Waals surface area contributed by atoms with E-state index < -0.39 is 0 Å². The molecular formula is C18H23ClN2. The van der Waals surface area contributed by atoms with Crippen LogP contribution in [0.1, 0.15) is 31.0 Å². The van der Waals surface area contributed by atoms with Crippen LogP contribution in [-0.2, 0) is 6.54 Å². The first kappa shape index (κ1) is 15.9. The van der Waals surface area contributed by atoms with Gasteiger partial charge in [-0.2, -0.15) is 0 Å². The molecule has 1 atom stereocenters. The van der Waals surface area contributed by atoms with Gasteiger partial charge in [-0.05, 0) is 42.8 Å². The molecule has 2 aromatic rings. The molecule has 0 radical (unpaired) electrons. The molecule has 0 aliphatic carbocycles. The third kappa shape index (κ3) is 4.23. The second-order valence-electron chi connectivity index (χ2n) is 5.32. The lowest BCUT2D eigenvalue weighted by Gasteiger charge is -2.25. The van der Waals surface area contributed by atoms with Gasteiger partial charge in [-0.15, -0.1) is 0 Å². The van der Waals surface area contributed by atoms with Crippen molar-refractivity contribution >= 4 is 17.3 Å². The molecule has 0 amide bonds. The number of rotatable bonds is 6. The number of hydrogen-bond donors (Lipinski definition) is 1. The van der Waals surface area contributed by atoms with Crippen LogP contribution in [0.25, 0.3) is 0 Å². The summed E-state index contributed by atoms with van der Waals surface area (Å²) < 4.78 is 0. The zero-order valence-corrected chi connectivity index (χ0v) is 13.7. The Balaban J connectivity index is 2.21. The van der Waals surface area contributed by atoms with Crippen LogP contribution in [0.2, 0.25) is 5.02 Å². The minimum absolute atomic E-state index is 0.341. The minimum atomic E-state index is 0.341. The van der Waals surface area contributed by atoms with Crippen LogP contribution in [0.3, 0.4) is 0 Å². The second-order valence-corrected chi connectivity index (χ2v) is 5.76. The van der Waals surface area contributed by atoms with Crippen molar-refractivity contribution in [1.29, 1.82) is 0 Å². The monoisotopic (exact) mass is 302 g/mol. The lowest BCUT2D eigenvalue weighted by Crippen LogP contribution is -2.23. The zero-order chi connectivity index (χ0) is 15.2. The molecule has 21 heavy (non-hydrogen) atoms. The molecule has 0 heterocycles. The highest BCUT2D eigenvalue weighted by molar-refractivity contribution is 6.30. The first-order valence-corrected chi connectivity index (χ1v) is 7.77. The molecule has 0 spiro atoms. The lowest BCUT2D eigenvalue weighted by molar-refractivity contribution is 0.597. The molecule has 3 heteroatoms. The SMILES string of the molecule is CCNC(C)c1ccccc1N(C)Cc1cccc(Cl)c1. The van der Waals surface area contributed by atoms with Gasteiger partial charge in [-0.3, -0.25) is 0 Å². The number of hydrogen-bond acceptors (Lipinski definition) is 2. The summed E-state index contributed by atoms with van der Waals surface area (Å²) >= 11 is 6.07. The molecule has 2 nitrogen and oxygen atoms in total. The van der Waals surface area contributed by atoms with Gasteiger partial charge in [0.05, 0.1) is 0 Å². The van der Waals surface area contributed by atoms with Crippen molar-refractivity contribution in [3.63, 3.8) is 0 Å². The van der Waals surface area contributed by atoms with E-state index in [0.29, 0.717) is 6.04 Å². The molecule has 0 aliphatic heterocycles. The summed E-state index contributed by atoms with van der Waals surface area (Å²) in [5, 5.41) is 4.27. The number of benzene rings is 2. The van der Waals surface area contributed by atoms with Crippen molar-refractivity contribution in [2.75, 3.05) is 18.5 Å². The minimum Gasteiger partial charge on any atom is -0.370 e. The predicted molar refractivity (Wildman–Crippen MR) is 92.1 cm³/mol. The van der Waals surface area contributed by atoms with E-state index in [1.807, 2.05) is 18.2 Å². The van der Waals surface area contributed by atoms with E-state index in [0.717, 1.165) is 18.1 Å². The third-order valence-electron chi connectivity index (χ3n) is 3.63. The summed E-state index contributed by atoms with van der Waals surface area (Å²) in [7, 11) is 2.12. The van der Waals surface area contributed by atoms with Crippen molar-refractivity contribution < 1.29 is 0 Å². The van der Waals surface area contributed by atoms with Gasteiger partial charge in [0, 0.05) is 30.3 Å². The van der Waals surface area contributed by atoms with Gasteiger partial charge in [0.1, 0.15) is 0 Å². The molecule has 0 saturated heterocycles. The molecule has 0 aromatic heterocycles. The molecule has 0 saturated carbocycles. The van der Waals surface area contributed by atoms with E-state index in [1.54, 1.807) is 0 Å². The van der Waals surface area contributed by atoms with Crippen molar-refractivity contribution in [1.82, 2.24) is 5.32 Å². The molecule has 0 bridgehead atoms. The fraction of sp³-hybridized carbons (Fsp3) is 0.333. The highest BCUT2D eigenvalue weighted by Crippen LogP contribution is 2.26. The van der Waals surface area contributed by atoms with Crippen LogP contribution in [0.5, 0.6) is 0 Å². The fourth-order valence-electron chi connectivity index (χ4n) is 2.61. The average Bonchev–Trinajstić information content (AvgIpc) is 2.47. The van der Waals surface area contributed by atoms with Gasteiger partial charge in [0.2, 0.25) is 0 Å². The summed E-state index contributed by atoms with van der Waals surface area (Å²) in [6, 6.07) is 16.9. The van der Waals surface area contributed by atoms with Crippen LogP contribution < -0.4 is 10.2 Å². The standard InChI is InChI=1S/C18H23ClN2/c1-4-20-14(2)17-10-5-6-11-18(17)21(3)13-15-8-7-9-16(19)12-15/h5-12,14,20H,4,13H2,1-3H3. The zero-order valence-electron chi connectivity index (χ0n) is 12.9. The van der Waals surface area contributed by atoms with Gasteiger partial charge in [0.15, 0.2) is 0 Å². The highest BCUT2D eigenvalue weighted by atomic mass is 35.5. The molecule has 1 N–H and O–H groups in total. The topological polar surface area (TPSA) is 15.3 Å².